The van der Waals surface area contributed by atoms with Crippen molar-refractivity contribution in [3.63, 3.8) is 0 Å². The van der Waals surface area contributed by atoms with Crippen LogP contribution in [0.25, 0.3) is 5.32 Å². The zero-order valence-corrected chi connectivity index (χ0v) is 43.2. The van der Waals surface area contributed by atoms with E-state index in [0.29, 0.717) is 66.0 Å². The number of aromatic nitrogens is 1. The number of unbranched alkanes of at least 4 members (excludes halogenated alkanes) is 2. The van der Waals surface area contributed by atoms with E-state index in [1.165, 1.54) is 6.47 Å². The van der Waals surface area contributed by atoms with Gasteiger partial charge in [-0.1, -0.05) is 47.6 Å². The smallest absolute Gasteiger partial charge is 0.260 e. The summed E-state index contributed by atoms with van der Waals surface area (Å²) in [5, 5.41) is 25.1. The minimum atomic E-state index is -1.02. The first-order valence-corrected chi connectivity index (χ1v) is 23.5. The monoisotopic (exact) mass is 1030 g/mol. The van der Waals surface area contributed by atoms with Gasteiger partial charge in [-0.15, -0.1) is 5.69 Å². The fourth-order valence-corrected chi connectivity index (χ4v) is 9.21. The van der Waals surface area contributed by atoms with Crippen molar-refractivity contribution in [2.75, 3.05) is 34.0 Å². The van der Waals surface area contributed by atoms with Gasteiger partial charge >= 0.3 is 0 Å². The number of hydrogen-bond acceptors (Lipinski definition) is 14. The van der Waals surface area contributed by atoms with E-state index in [1.54, 1.807) is 69.0 Å². The van der Waals surface area contributed by atoms with Gasteiger partial charge < -0.3 is 44.0 Å². The van der Waals surface area contributed by atoms with E-state index in [9.17, 15) is 19.5 Å². The SMILES string of the molecule is C/C=C/C1=CN2C(=O)c3cc(OC)c(OCCCCCOc4cc5c(cc4C)C(=O)N4C=C(/C=C/C)C[C@H]4C(O)[N-]5)cc3N=C[C@@H]2C1.CC(C)(CO[C-]=O)SSc1ccccn1.C[N+](=O)[O-].[Y]. The maximum Gasteiger partial charge on any atom is 0.260 e. The summed E-state index contributed by atoms with van der Waals surface area (Å²) in [4.78, 5) is 57.1. The van der Waals surface area contributed by atoms with Crippen molar-refractivity contribution in [1.82, 2.24) is 14.8 Å². The molecule has 355 valence electrons. The van der Waals surface area contributed by atoms with Crippen LogP contribution in [0.15, 0.2) is 107 Å². The van der Waals surface area contributed by atoms with E-state index in [1.807, 2.05) is 95.7 Å². The van der Waals surface area contributed by atoms with E-state index < -0.39 is 17.2 Å². The number of nitro groups is 1. The largest absolute Gasteiger partial charge is 0.658 e. The van der Waals surface area contributed by atoms with Crippen molar-refractivity contribution in [3.05, 3.63) is 129 Å². The van der Waals surface area contributed by atoms with Crippen molar-refractivity contribution in [3.8, 4) is 17.2 Å². The third-order valence-electron chi connectivity index (χ3n) is 10.3. The second-order valence-electron chi connectivity index (χ2n) is 16.0. The van der Waals surface area contributed by atoms with Crippen molar-refractivity contribution >= 4 is 57.5 Å². The quantitative estimate of drug-likeness (QED) is 0.0441. The number of benzene rings is 2. The number of amides is 2. The molecule has 2 amide bonds. The molecule has 19 heteroatoms. The van der Waals surface area contributed by atoms with Crippen LogP contribution in [0.3, 0.4) is 0 Å². The molecule has 0 fully saturated rings. The molecule has 1 radical (unpaired) electrons. The molecule has 3 aromatic rings. The molecule has 2 aromatic carbocycles. The van der Waals surface area contributed by atoms with Crippen LogP contribution in [0.1, 0.15) is 86.1 Å². The first-order chi connectivity index (χ1) is 31.7. The van der Waals surface area contributed by atoms with Gasteiger partial charge in [-0.2, -0.15) is 0 Å². The van der Waals surface area contributed by atoms with Crippen LogP contribution in [-0.4, -0.2) is 106 Å². The molecule has 0 saturated heterocycles. The summed E-state index contributed by atoms with van der Waals surface area (Å²) in [5.74, 6) is 1.42. The van der Waals surface area contributed by atoms with Gasteiger partial charge in [0.1, 0.15) is 10.8 Å². The molecular formula is C48H56N6O10S2Y-2. The van der Waals surface area contributed by atoms with Crippen molar-refractivity contribution in [2.24, 2.45) is 4.99 Å². The number of methoxy groups -OCH3 is 1. The number of hydrogen-bond donors (Lipinski definition) is 1. The van der Waals surface area contributed by atoms with Gasteiger partial charge in [-0.3, -0.25) is 24.7 Å². The molecule has 4 aliphatic rings. The Bertz CT molecular complexity index is 2360. The van der Waals surface area contributed by atoms with Gasteiger partial charge in [0, 0.05) is 80.3 Å². The zero-order valence-electron chi connectivity index (χ0n) is 38.7. The van der Waals surface area contributed by atoms with Gasteiger partial charge in [-0.05, 0) is 125 Å². The normalized spacial score (nSPS) is 17.9. The second-order valence-corrected chi connectivity index (χ2v) is 18.9. The predicted molar refractivity (Wildman–Crippen MR) is 257 cm³/mol. The fourth-order valence-electron chi connectivity index (χ4n) is 7.18. The van der Waals surface area contributed by atoms with Crippen LogP contribution in [0.2, 0.25) is 0 Å². The number of carbonyl (C=O) groups is 2. The van der Waals surface area contributed by atoms with E-state index in [4.69, 9.17) is 24.3 Å². The minimum absolute atomic E-state index is 0. The standard InChI is InChI=1S/C37H42N4O6.C10H12NO2S2.CH3NO2.Y/c1-5-10-24-15-26-20-38-29-18-34(33(45-4)17-28(29)36(43)40(26)21-24)47-13-9-7-8-12-46-32-19-30-27(14-23(32)3)37(44)41-22-25(11-6-2)16-31(41)35(42)39-30;1-10(2,7-13-8-12)15-14-9-5-3-4-6-11-9;1-2(3)4;/h5-6,10-11,14,17-22,26,31,35,42H,7-9,12-13,15-16H2,1-4H3,(H,39,44);3-6H,7H2,1-2H3;1H3;/q;-1;;/p-1/b10-5+,11-6+;;;/t26-,31-,35?;;;/m0.../s1. The topological polar surface area (TPSA) is 197 Å². The average molecular weight is 1030 g/mol. The maximum absolute atomic E-state index is 13.4. The Morgan fingerprint density at radius 2 is 1.61 bits per heavy atom. The predicted octanol–water partition coefficient (Wildman–Crippen LogP) is 9.61. The summed E-state index contributed by atoms with van der Waals surface area (Å²) in [6.07, 6.45) is 17.9. The van der Waals surface area contributed by atoms with Crippen molar-refractivity contribution in [1.29, 1.82) is 0 Å². The molecule has 1 aromatic heterocycles. The van der Waals surface area contributed by atoms with E-state index >= 15 is 0 Å². The number of nitrogens with zero attached hydrogens (tertiary/aromatic N) is 6. The number of fused-ring (bicyclic) bond motifs is 4. The van der Waals surface area contributed by atoms with Crippen LogP contribution in [0, 0.1) is 17.0 Å². The summed E-state index contributed by atoms with van der Waals surface area (Å²) >= 11 is 0. The summed E-state index contributed by atoms with van der Waals surface area (Å²) in [5.41, 5.74) is 4.89. The minimum Gasteiger partial charge on any atom is -0.658 e. The Labute approximate surface area is 425 Å². The summed E-state index contributed by atoms with van der Waals surface area (Å²) in [6, 6.07) is 12.3. The molecule has 5 heterocycles. The molecule has 3 atom stereocenters. The average Bonchev–Trinajstić information content (AvgIpc) is 3.87. The van der Waals surface area contributed by atoms with Crippen LogP contribution in [0.5, 0.6) is 17.2 Å². The fraction of sp³-hybridized carbons (Fsp3) is 0.396. The molecular weight excluding hydrogens is 974 g/mol. The summed E-state index contributed by atoms with van der Waals surface area (Å²) < 4.78 is 22.2. The van der Waals surface area contributed by atoms with Crippen LogP contribution < -0.4 is 14.2 Å². The Morgan fingerprint density at radius 1 is 0.955 bits per heavy atom. The van der Waals surface area contributed by atoms with Gasteiger partial charge in [0.05, 0.1) is 55.0 Å². The first-order valence-electron chi connectivity index (χ1n) is 21.4. The Balaban J connectivity index is 0.000000411. The number of aliphatic hydroxyl groups is 1. The molecule has 67 heavy (non-hydrogen) atoms. The molecule has 0 aliphatic carbocycles. The summed E-state index contributed by atoms with van der Waals surface area (Å²) in [7, 11) is 5.65. The number of rotatable bonds is 17. The van der Waals surface area contributed by atoms with Gasteiger partial charge in [0.2, 0.25) is 0 Å². The number of aliphatic imine (C=N–C) groups is 1. The molecule has 4 aliphatic heterocycles. The number of aryl methyl sites for hydroxylation is 1. The van der Waals surface area contributed by atoms with Crippen LogP contribution in [-0.2, 0) is 42.2 Å². The molecule has 1 unspecified atom stereocenters. The molecule has 0 spiro atoms. The van der Waals surface area contributed by atoms with E-state index in [2.05, 4.69) is 20.0 Å². The third kappa shape index (κ3) is 15.5. The first kappa shape index (κ1) is 54.6. The molecule has 16 nitrogen and oxygen atoms in total. The van der Waals surface area contributed by atoms with Crippen molar-refractivity contribution in [2.45, 2.75) is 94.8 Å². The van der Waals surface area contributed by atoms with Crippen molar-refractivity contribution < 1.29 is 76.1 Å². The Hall–Kier alpha value is -5.01. The Kier molecular flexibility index (Phi) is 21.6. The number of aliphatic hydroxyl groups excluding tert-OH is 1. The number of allylic oxidation sites excluding steroid dienone is 4. The van der Waals surface area contributed by atoms with Gasteiger partial charge in [0.15, 0.2) is 18.5 Å². The van der Waals surface area contributed by atoms with E-state index in [-0.39, 0.29) is 55.3 Å². The molecule has 0 saturated carbocycles. The van der Waals surface area contributed by atoms with Gasteiger partial charge in [0.25, 0.3) is 11.8 Å². The molecule has 7 rings (SSSR count). The molecule has 1 N–H and O–H groups in total. The number of carbonyl (C=O) groups excluding carboxylic acids is 3. The van der Waals surface area contributed by atoms with Gasteiger partial charge in [-0.25, -0.2) is 4.98 Å². The zero-order chi connectivity index (χ0) is 47.8. The summed E-state index contributed by atoms with van der Waals surface area (Å²) in [6.45, 7) is 12.5. The Morgan fingerprint density at radius 3 is 2.25 bits per heavy atom. The number of ether oxygens (including phenoxy) is 4. The van der Waals surface area contributed by atoms with Crippen LogP contribution >= 0.6 is 21.6 Å². The second kappa shape index (κ2) is 26.5. The number of pyridine rings is 1. The third-order valence-corrected chi connectivity index (χ3v) is 13.4. The van der Waals surface area contributed by atoms with Crippen LogP contribution in [0.4, 0.5) is 11.4 Å². The maximum atomic E-state index is 13.4. The van der Waals surface area contributed by atoms with E-state index in [0.717, 1.165) is 54.5 Å². The molecule has 0 bridgehead atoms.